The Kier molecular flexibility index (Phi) is 10.8. The third-order valence-corrected chi connectivity index (χ3v) is 2.02. The molecule has 86 valence electrons. The Hall–Kier alpha value is -0.160. The van der Waals surface area contributed by atoms with Crippen LogP contribution in [0.4, 0.5) is 0 Å². The normalized spacial score (nSPS) is 16.3. The smallest absolute Gasteiger partial charge is 0.151 e. The van der Waals surface area contributed by atoms with Crippen LogP contribution >= 0.6 is 0 Å². The van der Waals surface area contributed by atoms with Crippen molar-refractivity contribution in [2.45, 2.75) is 38.9 Å². The number of aliphatic hydroxyl groups excluding tert-OH is 1. The number of hydrogen-bond donors (Lipinski definition) is 4. The summed E-state index contributed by atoms with van der Waals surface area (Å²) in [7, 11) is 0. The molecule has 4 nitrogen and oxygen atoms in total. The van der Waals surface area contributed by atoms with Gasteiger partial charge in [-0.3, -0.25) is 0 Å². The molecule has 1 heterocycles. The van der Waals surface area contributed by atoms with Crippen molar-refractivity contribution in [2.24, 2.45) is 0 Å². The van der Waals surface area contributed by atoms with Crippen LogP contribution in [0.5, 0.6) is 0 Å². The van der Waals surface area contributed by atoms with Gasteiger partial charge in [0.2, 0.25) is 0 Å². The predicted molar refractivity (Wildman–Crippen MR) is 58.1 cm³/mol. The lowest BCUT2D eigenvalue weighted by atomic mass is 10.2. The van der Waals surface area contributed by atoms with Gasteiger partial charge in [0.05, 0.1) is 0 Å². The highest BCUT2D eigenvalue weighted by atomic mass is 16.5. The van der Waals surface area contributed by atoms with E-state index in [9.17, 15) is 0 Å². The molecular weight excluding hydrogens is 180 g/mol. The first-order valence-electron chi connectivity index (χ1n) is 5.55. The average molecular weight is 204 g/mol. The van der Waals surface area contributed by atoms with Gasteiger partial charge in [-0.2, -0.15) is 0 Å². The van der Waals surface area contributed by atoms with Gasteiger partial charge in [-0.05, 0) is 12.8 Å². The van der Waals surface area contributed by atoms with E-state index >= 15 is 0 Å². The minimum absolute atomic E-state index is 0.522. The molecule has 0 saturated carbocycles. The van der Waals surface area contributed by atoms with Crippen molar-refractivity contribution in [2.75, 3.05) is 26.2 Å². The van der Waals surface area contributed by atoms with E-state index in [-0.39, 0.29) is 0 Å². The number of unbranched alkanes of at least 4 members (excludes halogenated alkanes) is 2. The fourth-order valence-corrected chi connectivity index (χ4v) is 1.18. The summed E-state index contributed by atoms with van der Waals surface area (Å²) in [6, 6.07) is 0. The number of hydrogen-bond acceptors (Lipinski definition) is 4. The minimum Gasteiger partial charge on any atom is -0.368 e. The van der Waals surface area contributed by atoms with E-state index in [1.54, 1.807) is 0 Å². The average Bonchev–Trinajstić information content (AvgIpc) is 2.21. The molecule has 0 aromatic carbocycles. The Labute approximate surface area is 86.7 Å². The second-order valence-electron chi connectivity index (χ2n) is 3.48. The van der Waals surface area contributed by atoms with Crippen LogP contribution < -0.4 is 10.6 Å². The fourth-order valence-electron chi connectivity index (χ4n) is 1.18. The number of rotatable bonds is 4. The molecule has 0 aromatic rings. The standard InChI is InChI=1S/C6H14O2.C4H10N2/c1-2-3-4-5-6(7)8;1-2-6-4-3-5-1/h6-8H,2-5H2,1H3;5-6H,1-4H2. The van der Waals surface area contributed by atoms with E-state index in [4.69, 9.17) is 10.2 Å². The van der Waals surface area contributed by atoms with E-state index in [2.05, 4.69) is 17.6 Å². The van der Waals surface area contributed by atoms with Crippen molar-refractivity contribution in [3.63, 3.8) is 0 Å². The van der Waals surface area contributed by atoms with E-state index in [1.165, 1.54) is 0 Å². The second kappa shape index (κ2) is 10.9. The van der Waals surface area contributed by atoms with Crippen LogP contribution in [0, 0.1) is 0 Å². The number of aliphatic hydroxyl groups is 2. The highest BCUT2D eigenvalue weighted by molar-refractivity contribution is 4.59. The van der Waals surface area contributed by atoms with Crippen molar-refractivity contribution in [1.29, 1.82) is 0 Å². The summed E-state index contributed by atoms with van der Waals surface area (Å²) in [6.07, 6.45) is 2.58. The summed E-state index contributed by atoms with van der Waals surface area (Å²) in [5.74, 6) is 0. The molecule has 4 N–H and O–H groups in total. The van der Waals surface area contributed by atoms with Gasteiger partial charge in [0.15, 0.2) is 6.29 Å². The third kappa shape index (κ3) is 11.8. The van der Waals surface area contributed by atoms with Crippen LogP contribution in [-0.4, -0.2) is 42.7 Å². The first-order chi connectivity index (χ1) is 6.77. The maximum atomic E-state index is 8.33. The van der Waals surface area contributed by atoms with Crippen LogP contribution in [0.2, 0.25) is 0 Å². The van der Waals surface area contributed by atoms with Crippen LogP contribution in [0.25, 0.3) is 0 Å². The fraction of sp³-hybridized carbons (Fsp3) is 1.00. The van der Waals surface area contributed by atoms with Gasteiger partial charge in [-0.1, -0.05) is 19.8 Å². The van der Waals surface area contributed by atoms with Gasteiger partial charge in [-0.15, -0.1) is 0 Å². The molecule has 1 saturated heterocycles. The topological polar surface area (TPSA) is 64.5 Å². The van der Waals surface area contributed by atoms with Crippen molar-refractivity contribution < 1.29 is 10.2 Å². The van der Waals surface area contributed by atoms with E-state index in [0.29, 0.717) is 6.42 Å². The van der Waals surface area contributed by atoms with Gasteiger partial charge in [0.25, 0.3) is 0 Å². The lowest BCUT2D eigenvalue weighted by Crippen LogP contribution is -2.39. The highest BCUT2D eigenvalue weighted by Crippen LogP contribution is 1.99. The van der Waals surface area contributed by atoms with Gasteiger partial charge in [-0.25, -0.2) is 0 Å². The van der Waals surface area contributed by atoms with Crippen molar-refractivity contribution in [3.05, 3.63) is 0 Å². The Morgan fingerprint density at radius 1 is 1.00 bits per heavy atom. The second-order valence-corrected chi connectivity index (χ2v) is 3.48. The minimum atomic E-state index is -1.10. The molecule has 0 bridgehead atoms. The zero-order chi connectivity index (χ0) is 10.6. The maximum absolute atomic E-state index is 8.33. The molecule has 0 unspecified atom stereocenters. The first kappa shape index (κ1) is 13.8. The molecule has 0 aliphatic carbocycles. The monoisotopic (exact) mass is 204 g/mol. The molecule has 14 heavy (non-hydrogen) atoms. The summed E-state index contributed by atoms with van der Waals surface area (Å²) in [5, 5.41) is 23.1. The van der Waals surface area contributed by atoms with Crippen LogP contribution in [-0.2, 0) is 0 Å². The summed E-state index contributed by atoms with van der Waals surface area (Å²) in [6.45, 7) is 6.64. The zero-order valence-corrected chi connectivity index (χ0v) is 9.13. The predicted octanol–water partition coefficient (Wildman–Crippen LogP) is 0.0566. The Morgan fingerprint density at radius 3 is 1.79 bits per heavy atom. The third-order valence-electron chi connectivity index (χ3n) is 2.02. The molecule has 0 atom stereocenters. The molecule has 1 aliphatic heterocycles. The summed E-state index contributed by atoms with van der Waals surface area (Å²) >= 11 is 0. The van der Waals surface area contributed by atoms with Gasteiger partial charge >= 0.3 is 0 Å². The van der Waals surface area contributed by atoms with Crippen molar-refractivity contribution in [1.82, 2.24) is 10.6 Å². The molecule has 1 fully saturated rings. The lowest BCUT2D eigenvalue weighted by Gasteiger charge is -2.11. The number of piperazine rings is 1. The van der Waals surface area contributed by atoms with Crippen LogP contribution in [0.3, 0.4) is 0 Å². The Bertz CT molecular complexity index is 94.8. The molecule has 0 radical (unpaired) electrons. The van der Waals surface area contributed by atoms with Gasteiger partial charge < -0.3 is 20.8 Å². The largest absolute Gasteiger partial charge is 0.368 e. The summed E-state index contributed by atoms with van der Waals surface area (Å²) in [5.41, 5.74) is 0. The van der Waals surface area contributed by atoms with Crippen LogP contribution in [0.1, 0.15) is 32.6 Å². The Balaban J connectivity index is 0.000000249. The lowest BCUT2D eigenvalue weighted by molar-refractivity contribution is -0.0465. The van der Waals surface area contributed by atoms with E-state index < -0.39 is 6.29 Å². The zero-order valence-electron chi connectivity index (χ0n) is 9.13. The van der Waals surface area contributed by atoms with E-state index in [1.807, 2.05) is 0 Å². The molecule has 0 aromatic heterocycles. The van der Waals surface area contributed by atoms with Gasteiger partial charge in [0, 0.05) is 26.2 Å². The Morgan fingerprint density at radius 2 is 1.50 bits per heavy atom. The first-order valence-corrected chi connectivity index (χ1v) is 5.55. The van der Waals surface area contributed by atoms with Gasteiger partial charge in [0.1, 0.15) is 0 Å². The van der Waals surface area contributed by atoms with Crippen molar-refractivity contribution >= 4 is 0 Å². The SMILES string of the molecule is C1CNCCN1.CCCCCC(O)O. The van der Waals surface area contributed by atoms with E-state index in [0.717, 1.165) is 45.4 Å². The van der Waals surface area contributed by atoms with Crippen molar-refractivity contribution in [3.8, 4) is 0 Å². The molecular formula is C10H24N2O2. The highest BCUT2D eigenvalue weighted by Gasteiger charge is 1.93. The molecule has 1 rings (SSSR count). The summed E-state index contributed by atoms with van der Waals surface area (Å²) < 4.78 is 0. The molecule has 0 amide bonds. The summed E-state index contributed by atoms with van der Waals surface area (Å²) in [4.78, 5) is 0. The molecule has 0 spiro atoms. The molecule has 4 heteroatoms. The molecule has 1 aliphatic rings. The number of nitrogens with one attached hydrogen (secondary N) is 2. The van der Waals surface area contributed by atoms with Crippen LogP contribution in [0.15, 0.2) is 0 Å². The quantitative estimate of drug-likeness (QED) is 0.386. The maximum Gasteiger partial charge on any atom is 0.151 e.